The number of halogens is 2. The summed E-state index contributed by atoms with van der Waals surface area (Å²) in [6, 6.07) is 1.72. The summed E-state index contributed by atoms with van der Waals surface area (Å²) in [5, 5.41) is 0. The highest BCUT2D eigenvalue weighted by Gasteiger charge is 2.29. The average Bonchev–Trinajstić information content (AvgIpc) is 2.75. The molecular formula is C17H29FIN. The van der Waals surface area contributed by atoms with Gasteiger partial charge in [-0.25, -0.2) is 0 Å². The van der Waals surface area contributed by atoms with E-state index in [2.05, 4.69) is 48.3 Å². The van der Waals surface area contributed by atoms with Crippen molar-refractivity contribution in [3.05, 3.63) is 21.3 Å². The van der Waals surface area contributed by atoms with Gasteiger partial charge >= 0.3 is 0 Å². The number of aromatic amines is 1. The van der Waals surface area contributed by atoms with E-state index in [1.807, 2.05) is 0 Å². The number of rotatable bonds is 10. The highest BCUT2D eigenvalue weighted by atomic mass is 127. The average molecular weight is 393 g/mol. The van der Waals surface area contributed by atoms with Crippen LogP contribution in [0.2, 0.25) is 0 Å². The summed E-state index contributed by atoms with van der Waals surface area (Å²) in [5.74, 6) is -0.195. The molecule has 0 saturated carbocycles. The normalized spacial score (nSPS) is 14.4. The Hall–Kier alpha value is -0.0600. The van der Waals surface area contributed by atoms with Gasteiger partial charge in [-0.05, 0) is 52.5 Å². The quantitative estimate of drug-likeness (QED) is 0.342. The second-order valence-corrected chi connectivity index (χ2v) is 7.25. The lowest BCUT2D eigenvalue weighted by molar-refractivity contribution is 0.364. The first-order valence-corrected chi connectivity index (χ1v) is 9.16. The standard InChI is InChI=1S/C17H29FIN/c1-4-6-8-10-12-17(3,11-9-7-5-2)14-13-15(18)20-16(14)19/h13,20H,4-12H2,1-3H3. The van der Waals surface area contributed by atoms with Crippen LogP contribution in [0.3, 0.4) is 0 Å². The molecule has 1 nitrogen and oxygen atoms in total. The zero-order valence-electron chi connectivity index (χ0n) is 13.2. The molecule has 0 amide bonds. The summed E-state index contributed by atoms with van der Waals surface area (Å²) in [5.41, 5.74) is 1.31. The molecule has 0 radical (unpaired) electrons. The van der Waals surface area contributed by atoms with Crippen molar-refractivity contribution in [3.63, 3.8) is 0 Å². The fourth-order valence-electron chi connectivity index (χ4n) is 2.94. The van der Waals surface area contributed by atoms with Gasteiger partial charge in [-0.1, -0.05) is 65.7 Å². The van der Waals surface area contributed by atoms with E-state index in [9.17, 15) is 4.39 Å². The lowest BCUT2D eigenvalue weighted by Gasteiger charge is -2.30. The topological polar surface area (TPSA) is 15.8 Å². The number of aromatic nitrogens is 1. The molecule has 0 fully saturated rings. The summed E-state index contributed by atoms with van der Waals surface area (Å²) in [6.07, 6.45) is 11.2. The molecule has 1 rings (SSSR count). The van der Waals surface area contributed by atoms with Crippen LogP contribution in [0.15, 0.2) is 6.07 Å². The number of unbranched alkanes of at least 4 members (excludes halogenated alkanes) is 5. The van der Waals surface area contributed by atoms with Crippen LogP contribution >= 0.6 is 22.6 Å². The Morgan fingerprint density at radius 3 is 2.10 bits per heavy atom. The van der Waals surface area contributed by atoms with Crippen LogP contribution in [0, 0.1) is 9.65 Å². The number of H-pyrrole nitrogens is 1. The summed E-state index contributed by atoms with van der Waals surface area (Å²) in [6.45, 7) is 6.79. The van der Waals surface area contributed by atoms with E-state index in [0.29, 0.717) is 0 Å². The van der Waals surface area contributed by atoms with Crippen molar-refractivity contribution >= 4 is 22.6 Å². The van der Waals surface area contributed by atoms with Gasteiger partial charge in [0.05, 0.1) is 3.70 Å². The Kier molecular flexibility index (Phi) is 8.15. The first-order chi connectivity index (χ1) is 9.53. The van der Waals surface area contributed by atoms with Gasteiger partial charge in [0.15, 0.2) is 5.95 Å². The highest BCUT2D eigenvalue weighted by molar-refractivity contribution is 14.1. The molecule has 1 N–H and O–H groups in total. The minimum absolute atomic E-state index is 0.125. The van der Waals surface area contributed by atoms with Gasteiger partial charge in [0, 0.05) is 0 Å². The highest BCUT2D eigenvalue weighted by Crippen LogP contribution is 2.38. The van der Waals surface area contributed by atoms with Crippen LogP contribution in [0.25, 0.3) is 0 Å². The lowest BCUT2D eigenvalue weighted by Crippen LogP contribution is -2.22. The van der Waals surface area contributed by atoms with Crippen LogP contribution in [-0.2, 0) is 5.41 Å². The Balaban J connectivity index is 2.74. The molecule has 0 saturated heterocycles. The van der Waals surface area contributed by atoms with Crippen molar-refractivity contribution in [1.29, 1.82) is 0 Å². The van der Waals surface area contributed by atoms with Crippen molar-refractivity contribution in [2.45, 2.75) is 84.0 Å². The minimum Gasteiger partial charge on any atom is -0.327 e. The van der Waals surface area contributed by atoms with Crippen LogP contribution in [0.4, 0.5) is 4.39 Å². The Labute approximate surface area is 137 Å². The van der Waals surface area contributed by atoms with Crippen LogP contribution in [0.5, 0.6) is 0 Å². The molecule has 0 bridgehead atoms. The molecule has 1 atom stereocenters. The maximum absolute atomic E-state index is 13.5. The first-order valence-electron chi connectivity index (χ1n) is 8.08. The largest absolute Gasteiger partial charge is 0.327 e. The van der Waals surface area contributed by atoms with Crippen LogP contribution < -0.4 is 0 Å². The second kappa shape index (κ2) is 9.06. The molecule has 1 aromatic heterocycles. The van der Waals surface area contributed by atoms with Crippen LogP contribution in [0.1, 0.15) is 84.1 Å². The fourth-order valence-corrected chi connectivity index (χ4v) is 4.00. The smallest absolute Gasteiger partial charge is 0.192 e. The third-order valence-electron chi connectivity index (χ3n) is 4.30. The third kappa shape index (κ3) is 5.38. The van der Waals surface area contributed by atoms with Gasteiger partial charge < -0.3 is 4.98 Å². The zero-order valence-corrected chi connectivity index (χ0v) is 15.4. The van der Waals surface area contributed by atoms with Crippen molar-refractivity contribution in [2.75, 3.05) is 0 Å². The Morgan fingerprint density at radius 1 is 1.05 bits per heavy atom. The zero-order chi connectivity index (χ0) is 15.0. The third-order valence-corrected chi connectivity index (χ3v) is 5.15. The van der Waals surface area contributed by atoms with E-state index in [1.165, 1.54) is 63.4 Å². The molecule has 1 unspecified atom stereocenters. The van der Waals surface area contributed by atoms with Gasteiger partial charge in [-0.2, -0.15) is 4.39 Å². The van der Waals surface area contributed by atoms with E-state index in [1.54, 1.807) is 6.07 Å². The maximum Gasteiger partial charge on any atom is 0.192 e. The SMILES string of the molecule is CCCCCCC(C)(CCCCC)c1cc(F)[nH]c1I. The molecule has 0 aliphatic carbocycles. The first kappa shape index (κ1) is 18.0. The van der Waals surface area contributed by atoms with Crippen LogP contribution in [-0.4, -0.2) is 4.98 Å². The van der Waals surface area contributed by atoms with Gasteiger partial charge in [0.2, 0.25) is 0 Å². The van der Waals surface area contributed by atoms with Gasteiger partial charge in [-0.15, -0.1) is 0 Å². The Morgan fingerprint density at radius 2 is 1.60 bits per heavy atom. The van der Waals surface area contributed by atoms with Gasteiger partial charge in [0.25, 0.3) is 0 Å². The molecule has 0 aromatic carbocycles. The number of nitrogens with one attached hydrogen (secondary N) is 1. The van der Waals surface area contributed by atoms with Gasteiger partial charge in [0.1, 0.15) is 0 Å². The number of hydrogen-bond acceptors (Lipinski definition) is 0. The van der Waals surface area contributed by atoms with Crippen molar-refractivity contribution < 1.29 is 4.39 Å². The lowest BCUT2D eigenvalue weighted by atomic mass is 9.75. The summed E-state index contributed by atoms with van der Waals surface area (Å²) in [7, 11) is 0. The molecule has 0 aliphatic rings. The van der Waals surface area contributed by atoms with E-state index in [4.69, 9.17) is 0 Å². The van der Waals surface area contributed by atoms with Crippen molar-refractivity contribution in [3.8, 4) is 0 Å². The van der Waals surface area contributed by atoms with Crippen molar-refractivity contribution in [1.82, 2.24) is 4.98 Å². The van der Waals surface area contributed by atoms with Crippen molar-refractivity contribution in [2.24, 2.45) is 0 Å². The predicted molar refractivity (Wildman–Crippen MR) is 93.7 cm³/mol. The summed E-state index contributed by atoms with van der Waals surface area (Å²) in [4.78, 5) is 2.83. The number of hydrogen-bond donors (Lipinski definition) is 1. The second-order valence-electron chi connectivity index (χ2n) is 6.17. The Bertz CT molecular complexity index is 388. The van der Waals surface area contributed by atoms with E-state index < -0.39 is 0 Å². The molecule has 3 heteroatoms. The molecule has 20 heavy (non-hydrogen) atoms. The molecule has 0 spiro atoms. The van der Waals surface area contributed by atoms with Gasteiger partial charge in [-0.3, -0.25) is 0 Å². The molecule has 1 aromatic rings. The maximum atomic E-state index is 13.5. The predicted octanol–water partition coefficient (Wildman–Crippen LogP) is 6.57. The minimum atomic E-state index is -0.195. The molecule has 0 aliphatic heterocycles. The molecular weight excluding hydrogens is 364 g/mol. The molecule has 1 heterocycles. The molecule has 116 valence electrons. The fraction of sp³-hybridized carbons (Fsp3) is 0.765. The van der Waals surface area contributed by atoms with E-state index in [0.717, 1.165) is 3.70 Å². The summed E-state index contributed by atoms with van der Waals surface area (Å²) >= 11 is 2.24. The van der Waals surface area contributed by atoms with E-state index >= 15 is 0 Å². The van der Waals surface area contributed by atoms with E-state index in [-0.39, 0.29) is 11.4 Å². The summed E-state index contributed by atoms with van der Waals surface area (Å²) < 4.78 is 14.5. The monoisotopic (exact) mass is 393 g/mol.